The van der Waals surface area contributed by atoms with Crippen LogP contribution in [-0.4, -0.2) is 59.0 Å². The van der Waals surface area contributed by atoms with Gasteiger partial charge in [0.15, 0.2) is 9.54 Å². The van der Waals surface area contributed by atoms with E-state index in [1.807, 2.05) is 34.9 Å². The number of piperidine rings is 1. The van der Waals surface area contributed by atoms with Gasteiger partial charge in [-0.25, -0.2) is 0 Å². The molecular weight excluding hydrogens is 725 g/mol. The molecule has 3 aromatic carbocycles. The maximum atomic E-state index is 14.1. The number of fused-ring (bicyclic) bond motifs is 4. The quantitative estimate of drug-likeness (QED) is 0.148. The van der Waals surface area contributed by atoms with E-state index in [1.165, 1.54) is 9.13 Å². The van der Waals surface area contributed by atoms with Crippen molar-refractivity contribution < 1.29 is 14.9 Å². The molecule has 3 aromatic heterocycles. The van der Waals surface area contributed by atoms with Gasteiger partial charge in [0.1, 0.15) is 5.75 Å². The Hall–Kier alpha value is -5.83. The third-order valence-electron chi connectivity index (χ3n) is 10.4. The Morgan fingerprint density at radius 2 is 1.35 bits per heavy atom. The second-order valence-corrected chi connectivity index (χ2v) is 14.5. The highest BCUT2D eigenvalue weighted by molar-refractivity contribution is 7.71. The maximum Gasteiger partial charge on any atom is 0.259 e. The predicted molar refractivity (Wildman–Crippen MR) is 209 cm³/mol. The summed E-state index contributed by atoms with van der Waals surface area (Å²) in [4.78, 5) is 48.5. The lowest BCUT2D eigenvalue weighted by Gasteiger charge is -2.43. The Morgan fingerprint density at radius 1 is 0.759 bits per heavy atom. The molecule has 2 bridgehead atoms. The highest BCUT2D eigenvalue weighted by Gasteiger charge is 2.36. The zero-order valence-corrected chi connectivity index (χ0v) is 30.8. The molecule has 0 amide bonds. The molecule has 2 aliphatic heterocycles. The van der Waals surface area contributed by atoms with Crippen LogP contribution in [-0.2, 0) is 13.1 Å². The number of para-hydroxylation sites is 2. The summed E-state index contributed by atoms with van der Waals surface area (Å²) in [5.74, 6) is -1.28. The van der Waals surface area contributed by atoms with E-state index in [-0.39, 0.29) is 38.1 Å². The normalized spacial score (nSPS) is 16.6. The van der Waals surface area contributed by atoms with E-state index in [2.05, 4.69) is 14.9 Å². The van der Waals surface area contributed by atoms with Crippen LogP contribution in [0.5, 0.6) is 17.5 Å². The van der Waals surface area contributed by atoms with Gasteiger partial charge >= 0.3 is 0 Å². The number of likely N-dealkylation sites (tertiary alicyclic amines) is 1. The standard InChI is InChI=1S/C40H36N6O6S2/c1-52-30-16-15-24(18-26(30)22-43-19-23-17-25(21-43)29-13-8-14-31(47)44(29)20-23)32(33-35(48)41-39(53)45(37(33)50)27-9-4-2-5-10-27)34-36(49)42-40(54)46(38(34)51)28-11-6-3-7-12-28/h2-16,18,23,25,32,50-51H,17,19-22H2,1H3,(H,41,48,53)(H,42,49,54)/t23?,25-/m1/s1. The molecule has 0 spiro atoms. The first-order chi connectivity index (χ1) is 26.1. The summed E-state index contributed by atoms with van der Waals surface area (Å²) in [7, 11) is 1.58. The second kappa shape index (κ2) is 14.2. The van der Waals surface area contributed by atoms with Gasteiger partial charge in [0.25, 0.3) is 16.7 Å². The van der Waals surface area contributed by atoms with E-state index < -0.39 is 28.8 Å². The average molecular weight is 761 g/mol. The van der Waals surface area contributed by atoms with Gasteiger partial charge in [-0.05, 0) is 84.8 Å². The first-order valence-electron chi connectivity index (χ1n) is 17.5. The van der Waals surface area contributed by atoms with Crippen molar-refractivity contribution in [3.8, 4) is 28.9 Å². The monoisotopic (exact) mass is 760 g/mol. The van der Waals surface area contributed by atoms with E-state index in [0.29, 0.717) is 42.3 Å². The molecule has 12 nitrogen and oxygen atoms in total. The predicted octanol–water partition coefficient (Wildman–Crippen LogP) is 5.48. The number of nitrogens with zero attached hydrogens (tertiary/aromatic N) is 4. The van der Waals surface area contributed by atoms with Crippen molar-refractivity contribution in [2.75, 3.05) is 20.2 Å². The van der Waals surface area contributed by atoms with Crippen LogP contribution >= 0.6 is 24.4 Å². The summed E-state index contributed by atoms with van der Waals surface area (Å²) in [6, 6.07) is 28.3. The topological polar surface area (TPSA) is 151 Å². The maximum absolute atomic E-state index is 14.1. The van der Waals surface area contributed by atoms with Crippen molar-refractivity contribution in [2.24, 2.45) is 5.92 Å². The molecule has 0 radical (unpaired) electrons. The van der Waals surface area contributed by atoms with Gasteiger partial charge < -0.3 is 19.5 Å². The van der Waals surface area contributed by atoms with Crippen LogP contribution < -0.4 is 21.4 Å². The van der Waals surface area contributed by atoms with Gasteiger partial charge in [0.2, 0.25) is 11.8 Å². The summed E-state index contributed by atoms with van der Waals surface area (Å²) in [6.45, 7) is 2.57. The number of rotatable bonds is 8. The molecule has 2 atom stereocenters. The zero-order valence-electron chi connectivity index (χ0n) is 29.1. The lowest BCUT2D eigenvalue weighted by Crippen LogP contribution is -2.46. The molecule has 1 saturated heterocycles. The number of benzene rings is 3. The van der Waals surface area contributed by atoms with Crippen molar-refractivity contribution in [3.63, 3.8) is 0 Å². The van der Waals surface area contributed by atoms with Crippen molar-refractivity contribution in [3.05, 3.63) is 166 Å². The lowest BCUT2D eigenvalue weighted by molar-refractivity contribution is 0.113. The zero-order chi connectivity index (χ0) is 37.7. The number of nitrogens with one attached hydrogen (secondary N) is 2. The molecular formula is C40H36N6O6S2. The van der Waals surface area contributed by atoms with Gasteiger partial charge in [0.05, 0.1) is 35.5 Å². The summed E-state index contributed by atoms with van der Waals surface area (Å²) >= 11 is 11.0. The minimum absolute atomic E-state index is 0.0165. The summed E-state index contributed by atoms with van der Waals surface area (Å²) in [5.41, 5.74) is 1.29. The molecule has 6 aromatic rings. The summed E-state index contributed by atoms with van der Waals surface area (Å²) < 4.78 is 10.2. The van der Waals surface area contributed by atoms with E-state index >= 15 is 0 Å². The van der Waals surface area contributed by atoms with Crippen molar-refractivity contribution in [1.29, 1.82) is 0 Å². The van der Waals surface area contributed by atoms with Crippen LogP contribution in [0.25, 0.3) is 11.4 Å². The Bertz CT molecular complexity index is 2590. The number of hydrogen-bond acceptors (Lipinski definition) is 9. The van der Waals surface area contributed by atoms with E-state index in [9.17, 15) is 24.6 Å². The molecule has 274 valence electrons. The van der Waals surface area contributed by atoms with Crippen LogP contribution in [0, 0.1) is 15.5 Å². The molecule has 0 aliphatic carbocycles. The van der Waals surface area contributed by atoms with E-state index in [4.69, 9.17) is 29.2 Å². The highest BCUT2D eigenvalue weighted by Crippen LogP contribution is 2.41. The minimum Gasteiger partial charge on any atom is -0.496 e. The number of aromatic nitrogens is 5. The van der Waals surface area contributed by atoms with Gasteiger partial charge in [-0.15, -0.1) is 0 Å². The second-order valence-electron chi connectivity index (χ2n) is 13.7. The Balaban J connectivity index is 1.31. The summed E-state index contributed by atoms with van der Waals surface area (Å²) in [6.07, 6.45) is 0.990. The molecule has 14 heteroatoms. The fourth-order valence-corrected chi connectivity index (χ4v) is 8.74. The van der Waals surface area contributed by atoms with Crippen LogP contribution in [0.2, 0.25) is 0 Å². The SMILES string of the molecule is COc1ccc(C(c2c(O)n(-c3ccccc3)c(=S)[nH]c2=O)c2c(O)n(-c3ccccc3)c(=S)[nH]c2=O)cc1CN1CC2C[C@H](C1)c1cccc(=O)n1C2. The number of pyridine rings is 1. The van der Waals surface area contributed by atoms with Crippen molar-refractivity contribution in [1.82, 2.24) is 28.6 Å². The number of hydrogen-bond donors (Lipinski definition) is 4. The number of aromatic hydroxyl groups is 2. The molecule has 4 N–H and O–H groups in total. The minimum atomic E-state index is -1.32. The fourth-order valence-electron chi connectivity index (χ4n) is 8.18. The Morgan fingerprint density at radius 3 is 1.93 bits per heavy atom. The first-order valence-corrected chi connectivity index (χ1v) is 18.3. The van der Waals surface area contributed by atoms with Gasteiger partial charge in [-0.2, -0.15) is 0 Å². The highest BCUT2D eigenvalue weighted by atomic mass is 32.1. The van der Waals surface area contributed by atoms with Crippen molar-refractivity contribution in [2.45, 2.75) is 31.3 Å². The number of ether oxygens (including phenoxy) is 1. The van der Waals surface area contributed by atoms with E-state index in [1.54, 1.807) is 73.8 Å². The Kier molecular flexibility index (Phi) is 9.26. The molecule has 5 heterocycles. The largest absolute Gasteiger partial charge is 0.496 e. The van der Waals surface area contributed by atoms with Crippen LogP contribution in [0.15, 0.2) is 111 Å². The number of H-pyrrole nitrogens is 2. The average Bonchev–Trinajstić information content (AvgIpc) is 3.15. The molecule has 0 saturated carbocycles. The van der Waals surface area contributed by atoms with Crippen LogP contribution in [0.4, 0.5) is 0 Å². The van der Waals surface area contributed by atoms with E-state index in [0.717, 1.165) is 24.2 Å². The van der Waals surface area contributed by atoms with Crippen LogP contribution in [0.3, 0.4) is 0 Å². The third kappa shape index (κ3) is 6.21. The number of methoxy groups -OCH3 is 1. The molecule has 1 unspecified atom stereocenters. The van der Waals surface area contributed by atoms with Gasteiger partial charge in [-0.1, -0.05) is 48.5 Å². The van der Waals surface area contributed by atoms with Gasteiger partial charge in [0, 0.05) is 49.4 Å². The van der Waals surface area contributed by atoms with Crippen LogP contribution in [0.1, 0.15) is 46.2 Å². The first kappa shape index (κ1) is 35.2. The summed E-state index contributed by atoms with van der Waals surface area (Å²) in [5, 5.41) is 24.1. The molecule has 2 aliphatic rings. The lowest BCUT2D eigenvalue weighted by atomic mass is 9.82. The Labute approximate surface area is 318 Å². The van der Waals surface area contributed by atoms with Crippen molar-refractivity contribution >= 4 is 24.4 Å². The third-order valence-corrected chi connectivity index (χ3v) is 11.0. The number of aromatic amines is 2. The molecule has 8 rings (SSSR count). The molecule has 1 fully saturated rings. The fraction of sp³-hybridized carbons (Fsp3) is 0.225. The van der Waals surface area contributed by atoms with Gasteiger partial charge in [-0.3, -0.25) is 38.4 Å². The smallest absolute Gasteiger partial charge is 0.259 e. The molecule has 54 heavy (non-hydrogen) atoms.